The van der Waals surface area contributed by atoms with Crippen molar-refractivity contribution in [2.75, 3.05) is 0 Å². The van der Waals surface area contributed by atoms with Gasteiger partial charge in [0.1, 0.15) is 5.58 Å². The van der Waals surface area contributed by atoms with E-state index in [1.54, 1.807) is 12.4 Å². The van der Waals surface area contributed by atoms with Crippen LogP contribution in [0, 0.1) is 30.4 Å². The molecule has 0 aliphatic carbocycles. The Morgan fingerprint density at radius 1 is 0.707 bits per heavy atom. The molecule has 3 heterocycles. The van der Waals surface area contributed by atoms with E-state index in [0.29, 0.717) is 11.1 Å². The SMILES string of the molecule is Cc1ccnc(-c2[c-]ccc3c2oc2c(-c4ccccc4)c(C#N)ccc23)c1.[Ir].[c-]1ccccc1-c1ccccn1. The van der Waals surface area contributed by atoms with Gasteiger partial charge in [0.2, 0.25) is 0 Å². The first-order chi connectivity index (χ1) is 19.7. The summed E-state index contributed by atoms with van der Waals surface area (Å²) in [6.07, 6.45) is 3.58. The number of hydrogen-bond donors (Lipinski definition) is 0. The van der Waals surface area contributed by atoms with Crippen LogP contribution < -0.4 is 0 Å². The molecule has 0 spiro atoms. The second-order valence-electron chi connectivity index (χ2n) is 9.25. The Hall–Kier alpha value is -4.88. The van der Waals surface area contributed by atoms with Gasteiger partial charge in [0.05, 0.1) is 17.2 Å². The first kappa shape index (κ1) is 27.7. The molecule has 0 saturated heterocycles. The van der Waals surface area contributed by atoms with E-state index in [9.17, 15) is 5.26 Å². The molecule has 0 aliphatic rings. The largest absolute Gasteiger partial charge is 0.500 e. The number of rotatable bonds is 3. The molecule has 3 aromatic heterocycles. The van der Waals surface area contributed by atoms with Crippen molar-refractivity contribution >= 4 is 21.9 Å². The Morgan fingerprint density at radius 2 is 1.49 bits per heavy atom. The number of hydrogen-bond acceptors (Lipinski definition) is 4. The molecule has 199 valence electrons. The van der Waals surface area contributed by atoms with Gasteiger partial charge in [-0.3, -0.25) is 0 Å². The van der Waals surface area contributed by atoms with E-state index in [-0.39, 0.29) is 20.1 Å². The van der Waals surface area contributed by atoms with Gasteiger partial charge >= 0.3 is 0 Å². The van der Waals surface area contributed by atoms with Crippen LogP contribution in [0.3, 0.4) is 0 Å². The van der Waals surface area contributed by atoms with E-state index < -0.39 is 0 Å². The number of furan rings is 1. The number of aromatic nitrogens is 2. The fraction of sp³-hybridized carbons (Fsp3) is 0.0278. The zero-order chi connectivity index (χ0) is 27.3. The fourth-order valence-corrected chi connectivity index (χ4v) is 4.73. The van der Waals surface area contributed by atoms with Gasteiger partial charge in [0.25, 0.3) is 0 Å². The van der Waals surface area contributed by atoms with Crippen LogP contribution in [0.4, 0.5) is 0 Å². The van der Waals surface area contributed by atoms with E-state index in [4.69, 9.17) is 4.42 Å². The van der Waals surface area contributed by atoms with Gasteiger partial charge < -0.3 is 14.4 Å². The van der Waals surface area contributed by atoms with Crippen molar-refractivity contribution in [3.05, 3.63) is 145 Å². The van der Waals surface area contributed by atoms with Crippen molar-refractivity contribution in [3.63, 3.8) is 0 Å². The van der Waals surface area contributed by atoms with E-state index in [2.05, 4.69) is 28.2 Å². The molecule has 5 heteroatoms. The third kappa shape index (κ3) is 5.71. The predicted molar refractivity (Wildman–Crippen MR) is 159 cm³/mol. The Morgan fingerprint density at radius 3 is 2.22 bits per heavy atom. The normalized spacial score (nSPS) is 10.3. The maximum atomic E-state index is 9.67. The quantitative estimate of drug-likeness (QED) is 0.173. The molecule has 41 heavy (non-hydrogen) atoms. The minimum absolute atomic E-state index is 0. The molecule has 0 aliphatic heterocycles. The number of aryl methyl sites for hydroxylation is 1. The van der Waals surface area contributed by atoms with Gasteiger partial charge in [-0.15, -0.1) is 54.1 Å². The van der Waals surface area contributed by atoms with Crippen molar-refractivity contribution < 1.29 is 24.5 Å². The average molecular weight is 706 g/mol. The number of nitrogens with zero attached hydrogens (tertiary/aromatic N) is 3. The maximum absolute atomic E-state index is 9.67. The van der Waals surface area contributed by atoms with Crippen molar-refractivity contribution in [2.45, 2.75) is 6.92 Å². The molecule has 7 rings (SSSR count). The number of fused-ring (bicyclic) bond motifs is 3. The summed E-state index contributed by atoms with van der Waals surface area (Å²) in [4.78, 5) is 8.72. The molecule has 0 bridgehead atoms. The van der Waals surface area contributed by atoms with Crippen LogP contribution in [0.5, 0.6) is 0 Å². The number of benzene rings is 4. The van der Waals surface area contributed by atoms with E-state index >= 15 is 0 Å². The maximum Gasteiger partial charge on any atom is 0.130 e. The monoisotopic (exact) mass is 706 g/mol. The van der Waals surface area contributed by atoms with Crippen LogP contribution in [0.15, 0.2) is 126 Å². The van der Waals surface area contributed by atoms with Crippen molar-refractivity contribution in [1.82, 2.24) is 9.97 Å². The molecule has 0 amide bonds. The molecular formula is C36H23IrN3O-2. The molecule has 0 fully saturated rings. The van der Waals surface area contributed by atoms with Gasteiger partial charge in [0, 0.05) is 43.4 Å². The molecular weight excluding hydrogens is 683 g/mol. The standard InChI is InChI=1S/C25H15N2O.C11H8N.Ir/c1-16-12-13-27-22(14-16)21-9-5-8-19-20-11-10-18(15-26)23(25(20)28-24(19)21)17-6-3-2-4-7-17;1-2-6-10(7-3-1)11-8-4-5-9-12-11;/h2-8,10-14H,1H3;1-6,8-9H;/q2*-1;. The summed E-state index contributed by atoms with van der Waals surface area (Å²) in [7, 11) is 0. The molecule has 7 aromatic rings. The molecule has 0 atom stereocenters. The summed E-state index contributed by atoms with van der Waals surface area (Å²) < 4.78 is 6.38. The molecule has 1 radical (unpaired) electrons. The minimum atomic E-state index is 0. The zero-order valence-electron chi connectivity index (χ0n) is 22.1. The van der Waals surface area contributed by atoms with Gasteiger partial charge in [0.15, 0.2) is 0 Å². The predicted octanol–water partition coefficient (Wildman–Crippen LogP) is 8.84. The summed E-state index contributed by atoms with van der Waals surface area (Å²) >= 11 is 0. The van der Waals surface area contributed by atoms with Crippen molar-refractivity contribution in [1.29, 1.82) is 5.26 Å². The van der Waals surface area contributed by atoms with Crippen LogP contribution in [0.25, 0.3) is 55.6 Å². The van der Waals surface area contributed by atoms with Crippen LogP contribution in [0.1, 0.15) is 11.1 Å². The topological polar surface area (TPSA) is 62.7 Å². The number of pyridine rings is 2. The van der Waals surface area contributed by atoms with E-state index in [0.717, 1.165) is 55.6 Å². The minimum Gasteiger partial charge on any atom is -0.500 e. The Labute approximate surface area is 252 Å². The van der Waals surface area contributed by atoms with E-state index in [1.165, 1.54) is 0 Å². The van der Waals surface area contributed by atoms with Gasteiger partial charge in [-0.2, -0.15) is 5.26 Å². The average Bonchev–Trinajstić information content (AvgIpc) is 3.41. The summed E-state index contributed by atoms with van der Waals surface area (Å²) in [6.45, 7) is 2.04. The van der Waals surface area contributed by atoms with Gasteiger partial charge in [-0.1, -0.05) is 71.1 Å². The fourth-order valence-electron chi connectivity index (χ4n) is 4.73. The van der Waals surface area contributed by atoms with Crippen LogP contribution >= 0.6 is 0 Å². The van der Waals surface area contributed by atoms with Crippen LogP contribution in [-0.2, 0) is 20.1 Å². The number of nitriles is 1. The summed E-state index contributed by atoms with van der Waals surface area (Å²) in [5.74, 6) is 0. The Bertz CT molecular complexity index is 1920. The first-order valence-electron chi connectivity index (χ1n) is 12.9. The smallest absolute Gasteiger partial charge is 0.130 e. The molecule has 0 saturated carbocycles. The van der Waals surface area contributed by atoms with Gasteiger partial charge in [-0.25, -0.2) is 0 Å². The zero-order valence-corrected chi connectivity index (χ0v) is 24.5. The molecule has 0 unspecified atom stereocenters. The first-order valence-corrected chi connectivity index (χ1v) is 12.9. The summed E-state index contributed by atoms with van der Waals surface area (Å²) in [5.41, 5.74) is 8.62. The van der Waals surface area contributed by atoms with Crippen molar-refractivity contribution in [2.24, 2.45) is 0 Å². The molecule has 4 nitrogen and oxygen atoms in total. The van der Waals surface area contributed by atoms with Crippen LogP contribution in [0.2, 0.25) is 0 Å². The molecule has 4 aromatic carbocycles. The third-order valence-electron chi connectivity index (χ3n) is 6.61. The Kier molecular flexibility index (Phi) is 8.46. The summed E-state index contributed by atoms with van der Waals surface area (Å²) in [6, 6.07) is 44.0. The van der Waals surface area contributed by atoms with Crippen LogP contribution in [-0.4, -0.2) is 9.97 Å². The van der Waals surface area contributed by atoms with Crippen molar-refractivity contribution in [3.8, 4) is 39.7 Å². The second kappa shape index (κ2) is 12.5. The second-order valence-corrected chi connectivity index (χ2v) is 9.25. The third-order valence-corrected chi connectivity index (χ3v) is 6.61. The Balaban J connectivity index is 0.000000218. The molecule has 0 N–H and O–H groups in total. The summed E-state index contributed by atoms with van der Waals surface area (Å²) in [5, 5.41) is 11.6. The van der Waals surface area contributed by atoms with Gasteiger partial charge in [-0.05, 0) is 42.1 Å². The van der Waals surface area contributed by atoms with E-state index in [1.807, 2.05) is 116 Å².